The van der Waals surface area contributed by atoms with E-state index in [0.29, 0.717) is 0 Å². The fraction of sp³-hybridized carbons (Fsp3) is 0.600. The van der Waals surface area contributed by atoms with E-state index < -0.39 is 8.07 Å². The van der Waals surface area contributed by atoms with Crippen LogP contribution in [0, 0.1) is 0 Å². The molecule has 0 bridgehead atoms. The average Bonchev–Trinajstić information content (AvgIpc) is 2.37. The topological polar surface area (TPSA) is 0 Å². The molecule has 0 nitrogen and oxygen atoms in total. The quantitative estimate of drug-likeness (QED) is 0.550. The minimum atomic E-state index is -1.02. The lowest BCUT2D eigenvalue weighted by atomic mass is 10.5. The first-order valence-electron chi connectivity index (χ1n) is 4.40. The molecule has 62 valence electrons. The normalized spacial score (nSPS) is 18.6. The highest BCUT2D eigenvalue weighted by molar-refractivity contribution is 6.81. The van der Waals surface area contributed by atoms with E-state index in [1.54, 1.807) is 0 Å². The molecule has 0 aromatic carbocycles. The van der Waals surface area contributed by atoms with Crippen LogP contribution in [0.4, 0.5) is 0 Å². The average molecular weight is 166 g/mol. The van der Waals surface area contributed by atoms with Gasteiger partial charge in [0.2, 0.25) is 0 Å². The Morgan fingerprint density at radius 3 is 1.91 bits per heavy atom. The molecule has 0 radical (unpaired) electrons. The van der Waals surface area contributed by atoms with Gasteiger partial charge in [0.05, 0.1) is 8.07 Å². The fourth-order valence-electron chi connectivity index (χ4n) is 1.31. The lowest BCUT2D eigenvalue weighted by molar-refractivity contribution is 0.979. The summed E-state index contributed by atoms with van der Waals surface area (Å²) in [6, 6.07) is 0. The second-order valence-electron chi connectivity index (χ2n) is 4.27. The lowest BCUT2D eigenvalue weighted by Crippen LogP contribution is -2.33. The van der Waals surface area contributed by atoms with Crippen molar-refractivity contribution >= 4 is 8.07 Å². The van der Waals surface area contributed by atoms with Gasteiger partial charge < -0.3 is 0 Å². The SMILES string of the molecule is CC(C)[Si](C)(C)C1C=CC=C1. The Morgan fingerprint density at radius 2 is 1.55 bits per heavy atom. The van der Waals surface area contributed by atoms with Crippen molar-refractivity contribution in [1.82, 2.24) is 0 Å². The van der Waals surface area contributed by atoms with Gasteiger partial charge in [-0.05, 0) is 5.54 Å². The van der Waals surface area contributed by atoms with Gasteiger partial charge >= 0.3 is 0 Å². The summed E-state index contributed by atoms with van der Waals surface area (Å²) < 4.78 is 0. The third kappa shape index (κ3) is 1.64. The fourth-order valence-corrected chi connectivity index (χ4v) is 3.30. The van der Waals surface area contributed by atoms with Crippen LogP contribution >= 0.6 is 0 Å². The lowest BCUT2D eigenvalue weighted by Gasteiger charge is -2.31. The van der Waals surface area contributed by atoms with Crippen LogP contribution in [0.1, 0.15) is 13.8 Å². The van der Waals surface area contributed by atoms with Crippen molar-refractivity contribution in [1.29, 1.82) is 0 Å². The predicted octanol–water partition coefficient (Wildman–Crippen LogP) is 3.60. The Labute approximate surface area is 71.0 Å². The van der Waals surface area contributed by atoms with Crippen molar-refractivity contribution < 1.29 is 0 Å². The summed E-state index contributed by atoms with van der Waals surface area (Å²) in [6.07, 6.45) is 9.07. The van der Waals surface area contributed by atoms with Crippen molar-refractivity contribution in [2.24, 2.45) is 0 Å². The molecule has 1 aliphatic rings. The minimum absolute atomic E-state index is 0.780. The zero-order chi connectivity index (χ0) is 8.48. The van der Waals surface area contributed by atoms with Gasteiger partial charge in [0.25, 0.3) is 0 Å². The van der Waals surface area contributed by atoms with Crippen LogP contribution in [0.15, 0.2) is 24.3 Å². The van der Waals surface area contributed by atoms with Gasteiger partial charge in [-0.1, -0.05) is 56.8 Å². The van der Waals surface area contributed by atoms with Gasteiger partial charge in [-0.3, -0.25) is 0 Å². The Balaban J connectivity index is 2.72. The molecule has 0 aliphatic heterocycles. The molecule has 0 unspecified atom stereocenters. The highest BCUT2D eigenvalue weighted by atomic mass is 28.3. The molecular formula is C10H18Si. The van der Waals surface area contributed by atoms with Crippen LogP contribution in [0.2, 0.25) is 24.2 Å². The Bertz CT molecular complexity index is 175. The van der Waals surface area contributed by atoms with Gasteiger partial charge in [0, 0.05) is 0 Å². The molecule has 0 heterocycles. The molecule has 1 heteroatoms. The van der Waals surface area contributed by atoms with E-state index in [0.717, 1.165) is 11.1 Å². The van der Waals surface area contributed by atoms with Gasteiger partial charge in [-0.15, -0.1) is 0 Å². The summed E-state index contributed by atoms with van der Waals surface area (Å²) in [5.41, 5.74) is 1.65. The standard InChI is InChI=1S/C10H18Si/c1-9(2)11(3,4)10-7-5-6-8-10/h5-10H,1-4H3. The first-order chi connectivity index (χ1) is 5.05. The Kier molecular flexibility index (Phi) is 2.38. The maximum Gasteiger partial charge on any atom is 0.0613 e. The zero-order valence-electron chi connectivity index (χ0n) is 7.96. The minimum Gasteiger partial charge on any atom is -0.0803 e. The van der Waals surface area contributed by atoms with Crippen molar-refractivity contribution in [3.05, 3.63) is 24.3 Å². The second-order valence-corrected chi connectivity index (χ2v) is 9.74. The van der Waals surface area contributed by atoms with E-state index in [1.807, 2.05) is 0 Å². The van der Waals surface area contributed by atoms with Crippen molar-refractivity contribution in [2.45, 2.75) is 38.0 Å². The number of rotatable bonds is 2. The molecule has 0 amide bonds. The molecule has 0 fully saturated rings. The van der Waals surface area contributed by atoms with Gasteiger partial charge in [0.1, 0.15) is 0 Å². The van der Waals surface area contributed by atoms with Crippen molar-refractivity contribution in [2.75, 3.05) is 0 Å². The highest BCUT2D eigenvalue weighted by Crippen LogP contribution is 2.36. The molecule has 1 rings (SSSR count). The van der Waals surface area contributed by atoms with E-state index >= 15 is 0 Å². The van der Waals surface area contributed by atoms with Crippen LogP contribution in [-0.4, -0.2) is 8.07 Å². The first-order valence-corrected chi connectivity index (χ1v) is 7.55. The summed E-state index contributed by atoms with van der Waals surface area (Å²) in [6.45, 7) is 9.66. The van der Waals surface area contributed by atoms with Crippen LogP contribution < -0.4 is 0 Å². The monoisotopic (exact) mass is 166 g/mol. The Hall–Kier alpha value is -0.303. The summed E-state index contributed by atoms with van der Waals surface area (Å²) in [7, 11) is -1.02. The van der Waals surface area contributed by atoms with E-state index in [4.69, 9.17) is 0 Å². The molecule has 0 N–H and O–H groups in total. The van der Waals surface area contributed by atoms with E-state index in [-0.39, 0.29) is 0 Å². The zero-order valence-corrected chi connectivity index (χ0v) is 8.96. The maximum absolute atomic E-state index is 2.47. The molecular weight excluding hydrogens is 148 g/mol. The molecule has 0 spiro atoms. The van der Waals surface area contributed by atoms with Crippen molar-refractivity contribution in [3.63, 3.8) is 0 Å². The van der Waals surface area contributed by atoms with Gasteiger partial charge in [0.15, 0.2) is 0 Å². The van der Waals surface area contributed by atoms with E-state index in [1.165, 1.54) is 0 Å². The van der Waals surface area contributed by atoms with Crippen LogP contribution in [-0.2, 0) is 0 Å². The van der Waals surface area contributed by atoms with Crippen LogP contribution in [0.3, 0.4) is 0 Å². The number of hydrogen-bond acceptors (Lipinski definition) is 0. The summed E-state index contributed by atoms with van der Waals surface area (Å²) >= 11 is 0. The molecule has 0 saturated carbocycles. The molecule has 0 atom stereocenters. The number of hydrogen-bond donors (Lipinski definition) is 0. The van der Waals surface area contributed by atoms with E-state index in [2.05, 4.69) is 51.2 Å². The Morgan fingerprint density at radius 1 is 1.09 bits per heavy atom. The van der Waals surface area contributed by atoms with Gasteiger partial charge in [-0.25, -0.2) is 0 Å². The van der Waals surface area contributed by atoms with Crippen molar-refractivity contribution in [3.8, 4) is 0 Å². The molecule has 0 aromatic rings. The second kappa shape index (κ2) is 2.98. The maximum atomic E-state index is 2.47. The number of allylic oxidation sites excluding steroid dienone is 4. The summed E-state index contributed by atoms with van der Waals surface area (Å²) in [4.78, 5) is 0. The molecule has 0 aromatic heterocycles. The third-order valence-electron chi connectivity index (χ3n) is 3.10. The first kappa shape index (κ1) is 8.79. The van der Waals surface area contributed by atoms with Crippen LogP contribution in [0.5, 0.6) is 0 Å². The van der Waals surface area contributed by atoms with E-state index in [9.17, 15) is 0 Å². The smallest absolute Gasteiger partial charge is 0.0613 e. The highest BCUT2D eigenvalue weighted by Gasteiger charge is 2.32. The summed E-state index contributed by atoms with van der Waals surface area (Å²) in [5.74, 6) is 0. The molecule has 0 saturated heterocycles. The van der Waals surface area contributed by atoms with Crippen LogP contribution in [0.25, 0.3) is 0 Å². The molecule has 11 heavy (non-hydrogen) atoms. The largest absolute Gasteiger partial charge is 0.0803 e. The van der Waals surface area contributed by atoms with Gasteiger partial charge in [-0.2, -0.15) is 0 Å². The predicted molar refractivity (Wildman–Crippen MR) is 54.6 cm³/mol. The third-order valence-corrected chi connectivity index (χ3v) is 8.17. The summed E-state index contributed by atoms with van der Waals surface area (Å²) in [5, 5.41) is 0. The molecule has 1 aliphatic carbocycles.